The summed E-state index contributed by atoms with van der Waals surface area (Å²) in [6, 6.07) is 15.0. The maximum atomic E-state index is 10.5. The number of para-hydroxylation sites is 1. The molecule has 1 heterocycles. The van der Waals surface area contributed by atoms with Crippen molar-refractivity contribution in [3.63, 3.8) is 0 Å². The molecule has 0 aliphatic carbocycles. The van der Waals surface area contributed by atoms with Gasteiger partial charge in [0, 0.05) is 37.1 Å². The Kier molecular flexibility index (Phi) is 12.6. The Labute approximate surface area is 189 Å². The Morgan fingerprint density at radius 3 is 1.77 bits per heavy atom. The van der Waals surface area contributed by atoms with Gasteiger partial charge in [-0.25, -0.2) is 0 Å². The number of aliphatic carboxylic acids is 1. The average molecular weight is 425 g/mol. The number of carboxylic acid groups (broad SMARTS) is 1. The molecule has 2 aromatic rings. The van der Waals surface area contributed by atoms with E-state index >= 15 is 0 Å². The number of hydrogen-bond donors (Lipinski definition) is 1. The Morgan fingerprint density at radius 1 is 0.710 bits per heavy atom. The summed E-state index contributed by atoms with van der Waals surface area (Å²) in [5.74, 6) is -0.661. The van der Waals surface area contributed by atoms with Crippen molar-refractivity contribution in [1.29, 1.82) is 0 Å². The van der Waals surface area contributed by atoms with Crippen molar-refractivity contribution < 1.29 is 14.5 Å². The third-order valence-electron chi connectivity index (χ3n) is 6.23. The van der Waals surface area contributed by atoms with Crippen LogP contribution in [0.1, 0.15) is 101 Å². The van der Waals surface area contributed by atoms with Gasteiger partial charge in [-0.05, 0) is 25.3 Å². The fraction of sp³-hybridized carbons (Fsp3) is 0.571. The number of rotatable bonds is 17. The number of carbonyl (C=O) groups is 1. The Hall–Kier alpha value is -2.16. The molecule has 0 bridgehead atoms. The van der Waals surface area contributed by atoms with Crippen LogP contribution in [0.5, 0.6) is 0 Å². The minimum Gasteiger partial charge on any atom is -0.481 e. The molecule has 31 heavy (non-hydrogen) atoms. The summed E-state index contributed by atoms with van der Waals surface area (Å²) in [6.07, 6.45) is 20.1. The molecule has 0 fully saturated rings. The SMILES string of the molecule is Cc1c(CCCCCCCCCCCCCCCC(=O)O)ccc[n+]1-c1ccccc1. The first-order valence-corrected chi connectivity index (χ1v) is 12.5. The van der Waals surface area contributed by atoms with Crippen molar-refractivity contribution in [3.05, 3.63) is 59.9 Å². The number of pyridine rings is 1. The van der Waals surface area contributed by atoms with Gasteiger partial charge in [-0.2, -0.15) is 4.57 Å². The minimum absolute atomic E-state index is 0.332. The number of benzene rings is 1. The van der Waals surface area contributed by atoms with Gasteiger partial charge in [0.25, 0.3) is 0 Å². The van der Waals surface area contributed by atoms with Crippen LogP contribution in [0, 0.1) is 6.92 Å². The van der Waals surface area contributed by atoms with E-state index in [9.17, 15) is 4.79 Å². The molecule has 0 atom stereocenters. The number of nitrogens with zero attached hydrogens (tertiary/aromatic N) is 1. The number of carboxylic acids is 1. The Morgan fingerprint density at radius 2 is 1.23 bits per heavy atom. The summed E-state index contributed by atoms with van der Waals surface area (Å²) < 4.78 is 2.30. The van der Waals surface area contributed by atoms with E-state index in [0.29, 0.717) is 6.42 Å². The number of aromatic nitrogens is 1. The highest BCUT2D eigenvalue weighted by atomic mass is 16.4. The van der Waals surface area contributed by atoms with Gasteiger partial charge in [-0.3, -0.25) is 4.79 Å². The highest BCUT2D eigenvalue weighted by Gasteiger charge is 2.13. The van der Waals surface area contributed by atoms with Gasteiger partial charge >= 0.3 is 5.97 Å². The lowest BCUT2D eigenvalue weighted by Crippen LogP contribution is -2.34. The van der Waals surface area contributed by atoms with Crippen molar-refractivity contribution >= 4 is 5.97 Å². The molecule has 1 aromatic heterocycles. The zero-order valence-corrected chi connectivity index (χ0v) is 19.5. The van der Waals surface area contributed by atoms with Gasteiger partial charge in [-0.1, -0.05) is 88.8 Å². The summed E-state index contributed by atoms with van der Waals surface area (Å²) in [7, 11) is 0. The fourth-order valence-corrected chi connectivity index (χ4v) is 4.30. The Bertz CT molecular complexity index is 742. The van der Waals surface area contributed by atoms with Gasteiger partial charge in [-0.15, -0.1) is 0 Å². The predicted octanol–water partition coefficient (Wildman–Crippen LogP) is 7.36. The van der Waals surface area contributed by atoms with Gasteiger partial charge in [0.05, 0.1) is 0 Å². The monoisotopic (exact) mass is 424 g/mol. The molecule has 0 saturated carbocycles. The third kappa shape index (κ3) is 10.6. The molecule has 3 heteroatoms. The van der Waals surface area contributed by atoms with Crippen LogP contribution in [-0.4, -0.2) is 11.1 Å². The van der Waals surface area contributed by atoms with Crippen LogP contribution < -0.4 is 4.57 Å². The molecule has 0 aliphatic rings. The molecule has 0 saturated heterocycles. The summed E-state index contributed by atoms with van der Waals surface area (Å²) in [4.78, 5) is 10.5. The van der Waals surface area contributed by atoms with Gasteiger partial charge < -0.3 is 5.11 Å². The minimum atomic E-state index is -0.661. The first-order chi connectivity index (χ1) is 15.2. The molecule has 0 unspecified atom stereocenters. The maximum Gasteiger partial charge on any atom is 0.303 e. The van der Waals surface area contributed by atoms with Crippen LogP contribution in [-0.2, 0) is 11.2 Å². The van der Waals surface area contributed by atoms with Crippen molar-refractivity contribution in [2.45, 2.75) is 103 Å². The molecule has 1 N–H and O–H groups in total. The van der Waals surface area contributed by atoms with E-state index in [2.05, 4.69) is 60.2 Å². The first-order valence-electron chi connectivity index (χ1n) is 12.5. The lowest BCUT2D eigenvalue weighted by molar-refractivity contribution is -0.603. The van der Waals surface area contributed by atoms with E-state index in [4.69, 9.17) is 5.11 Å². The summed E-state index contributed by atoms with van der Waals surface area (Å²) in [6.45, 7) is 2.23. The standard InChI is InChI=1S/C28H41NO2/c1-25-26(20-18-24-29(25)27-21-15-13-16-22-27)19-14-11-9-7-5-3-2-4-6-8-10-12-17-23-28(30)31/h13,15-16,18,20-22,24H,2-12,14,17,19,23H2,1H3/p+1. The van der Waals surface area contributed by atoms with Crippen molar-refractivity contribution in [2.24, 2.45) is 0 Å². The van der Waals surface area contributed by atoms with E-state index < -0.39 is 5.97 Å². The van der Waals surface area contributed by atoms with Crippen LogP contribution in [0.4, 0.5) is 0 Å². The van der Waals surface area contributed by atoms with Crippen molar-refractivity contribution in [2.75, 3.05) is 0 Å². The van der Waals surface area contributed by atoms with Crippen molar-refractivity contribution in [1.82, 2.24) is 0 Å². The van der Waals surface area contributed by atoms with E-state index in [-0.39, 0.29) is 0 Å². The summed E-state index contributed by atoms with van der Waals surface area (Å²) >= 11 is 0. The van der Waals surface area contributed by atoms with Crippen LogP contribution in [0.2, 0.25) is 0 Å². The van der Waals surface area contributed by atoms with Gasteiger partial charge in [0.2, 0.25) is 5.69 Å². The highest BCUT2D eigenvalue weighted by Crippen LogP contribution is 2.15. The molecular formula is C28H42NO2+. The summed E-state index contributed by atoms with van der Waals surface area (Å²) in [5.41, 5.74) is 4.06. The highest BCUT2D eigenvalue weighted by molar-refractivity contribution is 5.66. The van der Waals surface area contributed by atoms with Crippen LogP contribution in [0.3, 0.4) is 0 Å². The molecule has 2 rings (SSSR count). The quantitative estimate of drug-likeness (QED) is 0.213. The van der Waals surface area contributed by atoms with Crippen LogP contribution >= 0.6 is 0 Å². The molecule has 1 aromatic carbocycles. The molecule has 0 radical (unpaired) electrons. The molecule has 0 spiro atoms. The average Bonchev–Trinajstić information content (AvgIpc) is 2.78. The van der Waals surface area contributed by atoms with E-state index in [1.807, 2.05) is 0 Å². The van der Waals surface area contributed by atoms with E-state index in [0.717, 1.165) is 12.8 Å². The first kappa shape index (κ1) is 25.1. The largest absolute Gasteiger partial charge is 0.481 e. The second-order valence-electron chi connectivity index (χ2n) is 8.81. The van der Waals surface area contributed by atoms with E-state index in [1.165, 1.54) is 94.0 Å². The maximum absolute atomic E-state index is 10.5. The smallest absolute Gasteiger partial charge is 0.303 e. The summed E-state index contributed by atoms with van der Waals surface area (Å²) in [5, 5.41) is 8.62. The van der Waals surface area contributed by atoms with Crippen LogP contribution in [0.25, 0.3) is 5.69 Å². The lowest BCUT2D eigenvalue weighted by Gasteiger charge is -2.06. The molecule has 0 amide bonds. The zero-order valence-electron chi connectivity index (χ0n) is 19.5. The number of hydrogen-bond acceptors (Lipinski definition) is 1. The van der Waals surface area contributed by atoms with Gasteiger partial charge in [0.15, 0.2) is 11.9 Å². The van der Waals surface area contributed by atoms with Gasteiger partial charge in [0.1, 0.15) is 0 Å². The normalized spacial score (nSPS) is 11.0. The fourth-order valence-electron chi connectivity index (χ4n) is 4.30. The number of aryl methyl sites for hydroxylation is 1. The molecule has 3 nitrogen and oxygen atoms in total. The number of unbranched alkanes of at least 4 members (excludes halogenated alkanes) is 12. The zero-order chi connectivity index (χ0) is 22.2. The molecular weight excluding hydrogens is 382 g/mol. The van der Waals surface area contributed by atoms with E-state index in [1.54, 1.807) is 0 Å². The third-order valence-corrected chi connectivity index (χ3v) is 6.23. The molecule has 170 valence electrons. The van der Waals surface area contributed by atoms with Crippen molar-refractivity contribution in [3.8, 4) is 5.69 Å². The second kappa shape index (κ2) is 15.6. The predicted molar refractivity (Wildman–Crippen MR) is 129 cm³/mol. The Balaban J connectivity index is 1.46. The topological polar surface area (TPSA) is 41.2 Å². The van der Waals surface area contributed by atoms with Crippen LogP contribution in [0.15, 0.2) is 48.7 Å². The molecule has 0 aliphatic heterocycles. The second-order valence-corrected chi connectivity index (χ2v) is 8.81. The lowest BCUT2D eigenvalue weighted by atomic mass is 10.0.